The number of nitrogens with zero attached hydrogens (tertiary/aromatic N) is 4. The second kappa shape index (κ2) is 18.0. The lowest BCUT2D eigenvalue weighted by Gasteiger charge is -2.04. The number of carbonyl (C=O) groups is 4. The van der Waals surface area contributed by atoms with Gasteiger partial charge in [0.1, 0.15) is 36.4 Å². The number of hydrogen-bond acceptors (Lipinski definition) is 6. The lowest BCUT2D eigenvalue weighted by Crippen LogP contribution is -2.13. The molecule has 0 saturated heterocycles. The molecule has 0 spiro atoms. The second-order valence-electron chi connectivity index (χ2n) is 11.5. The molecule has 268 valence electrons. The first-order valence-electron chi connectivity index (χ1n) is 15.9. The van der Waals surface area contributed by atoms with E-state index in [0.717, 1.165) is 28.9 Å². The molecular weight excluding hydrogens is 914 g/mol. The molecule has 4 N–H and O–H groups in total. The van der Waals surface area contributed by atoms with Gasteiger partial charge < -0.3 is 30.0 Å². The van der Waals surface area contributed by atoms with Crippen LogP contribution in [0.4, 0.5) is 11.4 Å². The Hall–Kier alpha value is -6.24. The van der Waals surface area contributed by atoms with Crippen molar-refractivity contribution in [2.24, 2.45) is 0 Å². The maximum Gasteiger partial charge on any atom is 0.323 e. The summed E-state index contributed by atoms with van der Waals surface area (Å²) in [7, 11) is 0. The molecule has 0 unspecified atom stereocenters. The van der Waals surface area contributed by atoms with E-state index in [-0.39, 0.29) is 24.2 Å². The van der Waals surface area contributed by atoms with Gasteiger partial charge in [0.05, 0.1) is 0 Å². The predicted octanol–water partition coefficient (Wildman–Crippen LogP) is 7.75. The van der Waals surface area contributed by atoms with Crippen LogP contribution in [0.1, 0.15) is 11.1 Å². The van der Waals surface area contributed by atoms with E-state index in [1.165, 1.54) is 12.2 Å². The number of halogens is 2. The first-order chi connectivity index (χ1) is 25.9. The van der Waals surface area contributed by atoms with Gasteiger partial charge in [0.2, 0.25) is 0 Å². The van der Waals surface area contributed by atoms with Gasteiger partial charge in [-0.05, 0) is 112 Å². The molecule has 2 heterocycles. The Morgan fingerprint density at radius 2 is 1.07 bits per heavy atom. The fourth-order valence-electron chi connectivity index (χ4n) is 5.44. The first-order valence-corrected chi connectivity index (χ1v) is 18.1. The zero-order chi connectivity index (χ0) is 38.8. The van der Waals surface area contributed by atoms with Crippen molar-refractivity contribution in [3.05, 3.63) is 139 Å². The largest absolute Gasteiger partial charge is 0.480 e. The summed E-state index contributed by atoms with van der Waals surface area (Å²) in [5.74, 6) is -2.98. The minimum absolute atomic E-state index is 0.0629. The van der Waals surface area contributed by atoms with Crippen molar-refractivity contribution in [1.82, 2.24) is 9.13 Å². The summed E-state index contributed by atoms with van der Waals surface area (Å²) in [5.41, 5.74) is 3.74. The van der Waals surface area contributed by atoms with Crippen LogP contribution in [-0.2, 0) is 32.3 Å². The molecule has 0 radical (unpaired) electrons. The highest BCUT2D eigenvalue weighted by atomic mass is 127. The number of carboxylic acid groups (broad SMARTS) is 2. The number of nitrogens with one attached hydrogen (secondary N) is 2. The number of benzene rings is 4. The number of carboxylic acids is 2. The molecule has 0 atom stereocenters. The molecule has 14 heteroatoms. The maximum absolute atomic E-state index is 12.5. The Bertz CT molecular complexity index is 2560. The fourth-order valence-corrected chi connectivity index (χ4v) is 6.34. The van der Waals surface area contributed by atoms with Crippen LogP contribution in [0.2, 0.25) is 0 Å². The number of rotatable bonds is 10. The third-order valence-electron chi connectivity index (χ3n) is 7.76. The molecule has 6 aromatic rings. The molecular formula is C40H28I2N6O6. The summed E-state index contributed by atoms with van der Waals surface area (Å²) in [6.45, 7) is -0.407. The molecule has 0 aliphatic heterocycles. The van der Waals surface area contributed by atoms with Gasteiger partial charge in [-0.15, -0.1) is 0 Å². The van der Waals surface area contributed by atoms with E-state index >= 15 is 0 Å². The van der Waals surface area contributed by atoms with Gasteiger partial charge in [0.15, 0.2) is 0 Å². The predicted molar refractivity (Wildman–Crippen MR) is 222 cm³/mol. The van der Waals surface area contributed by atoms with Crippen molar-refractivity contribution < 1.29 is 29.4 Å². The maximum atomic E-state index is 12.5. The van der Waals surface area contributed by atoms with E-state index in [4.69, 9.17) is 10.2 Å². The summed E-state index contributed by atoms with van der Waals surface area (Å²) in [4.78, 5) is 47.1. The molecule has 12 nitrogen and oxygen atoms in total. The summed E-state index contributed by atoms with van der Waals surface area (Å²) >= 11 is 4.30. The van der Waals surface area contributed by atoms with Crippen molar-refractivity contribution in [3.8, 4) is 12.1 Å². The van der Waals surface area contributed by atoms with Crippen LogP contribution in [0.5, 0.6) is 0 Å². The molecule has 2 amide bonds. The standard InChI is InChI=1S/2C20H14IN3O3/c21-15-4-3-5-16(9-15)23-20(27)13(10-22)8-14-11-24(12-19(25)26)18-7-2-1-6-17(14)18;21-15-5-7-16(8-6-15)23-20(27)13(10-22)9-14-11-24(12-19(25)26)18-4-2-1-3-17(14)18/h2*1-9,11H,12H2,(H,23,27)(H,25,26)/b13-8+;13-9+. The van der Waals surface area contributed by atoms with Gasteiger partial charge in [0.25, 0.3) is 11.8 Å². The zero-order valence-corrected chi connectivity index (χ0v) is 32.3. The summed E-state index contributed by atoms with van der Waals surface area (Å²) in [5, 5.41) is 44.0. The quantitative estimate of drug-likeness (QED) is 0.0609. The molecule has 0 aliphatic carbocycles. The van der Waals surface area contributed by atoms with E-state index in [0.29, 0.717) is 22.5 Å². The minimum atomic E-state index is -0.969. The second-order valence-corrected chi connectivity index (χ2v) is 14.0. The van der Waals surface area contributed by atoms with E-state index in [9.17, 15) is 29.7 Å². The van der Waals surface area contributed by atoms with Crippen LogP contribution in [0, 0.1) is 29.8 Å². The molecule has 0 saturated carbocycles. The topological polar surface area (TPSA) is 190 Å². The molecule has 0 aliphatic rings. The van der Waals surface area contributed by atoms with Gasteiger partial charge in [-0.25, -0.2) is 0 Å². The number of aliphatic carboxylic acids is 2. The lowest BCUT2D eigenvalue weighted by molar-refractivity contribution is -0.138. The first kappa shape index (κ1) is 39.0. The SMILES string of the molecule is N#C/C(=C\c1cn(CC(=O)O)c2ccccc12)C(=O)Nc1ccc(I)cc1.N#C/C(=C\c1cn(CC(=O)O)c2ccccc12)C(=O)Nc1cccc(I)c1. The van der Waals surface area contributed by atoms with Crippen molar-refractivity contribution in [2.75, 3.05) is 10.6 Å². The van der Waals surface area contributed by atoms with Crippen LogP contribution in [0.25, 0.3) is 34.0 Å². The number of nitriles is 2. The minimum Gasteiger partial charge on any atom is -0.480 e. The monoisotopic (exact) mass is 942 g/mol. The molecule has 0 fully saturated rings. The normalized spacial score (nSPS) is 11.2. The number of para-hydroxylation sites is 2. The summed E-state index contributed by atoms with van der Waals surface area (Å²) in [6, 6.07) is 32.8. The van der Waals surface area contributed by atoms with Gasteiger partial charge >= 0.3 is 11.9 Å². The van der Waals surface area contributed by atoms with E-state index < -0.39 is 23.8 Å². The Labute approximate surface area is 335 Å². The van der Waals surface area contributed by atoms with Crippen LogP contribution >= 0.6 is 45.2 Å². The number of fused-ring (bicyclic) bond motifs is 2. The van der Waals surface area contributed by atoms with Crippen LogP contribution in [0.15, 0.2) is 121 Å². The van der Waals surface area contributed by atoms with E-state index in [2.05, 4.69) is 55.8 Å². The van der Waals surface area contributed by atoms with Crippen molar-refractivity contribution in [2.45, 2.75) is 13.1 Å². The summed E-state index contributed by atoms with van der Waals surface area (Å²) < 4.78 is 5.16. The van der Waals surface area contributed by atoms with Crippen LogP contribution in [-0.4, -0.2) is 43.1 Å². The summed E-state index contributed by atoms with van der Waals surface area (Å²) in [6.07, 6.45) is 6.22. The Morgan fingerprint density at radius 3 is 1.52 bits per heavy atom. The molecule has 0 bridgehead atoms. The molecule has 2 aromatic heterocycles. The number of hydrogen-bond donors (Lipinski definition) is 4. The average Bonchev–Trinajstić information content (AvgIpc) is 3.66. The van der Waals surface area contributed by atoms with Crippen molar-refractivity contribution >= 4 is 114 Å². The van der Waals surface area contributed by atoms with Gasteiger partial charge in [0, 0.05) is 63.8 Å². The highest BCUT2D eigenvalue weighted by Gasteiger charge is 2.15. The third-order valence-corrected chi connectivity index (χ3v) is 9.15. The zero-order valence-electron chi connectivity index (χ0n) is 28.0. The number of carbonyl (C=O) groups excluding carboxylic acids is 2. The van der Waals surface area contributed by atoms with E-state index in [1.807, 2.05) is 72.8 Å². The van der Waals surface area contributed by atoms with E-state index in [1.54, 1.807) is 57.9 Å². The molecule has 54 heavy (non-hydrogen) atoms. The third kappa shape index (κ3) is 10.00. The van der Waals surface area contributed by atoms with Crippen molar-refractivity contribution in [1.29, 1.82) is 10.5 Å². The fraction of sp³-hybridized carbons (Fsp3) is 0.0500. The number of amides is 2. The molecule has 6 rings (SSSR count). The smallest absolute Gasteiger partial charge is 0.323 e. The Kier molecular flexibility index (Phi) is 13.0. The van der Waals surface area contributed by atoms with Crippen LogP contribution < -0.4 is 10.6 Å². The number of anilines is 2. The number of aromatic nitrogens is 2. The average molecular weight is 943 g/mol. The highest BCUT2D eigenvalue weighted by Crippen LogP contribution is 2.26. The van der Waals surface area contributed by atoms with Crippen molar-refractivity contribution in [3.63, 3.8) is 0 Å². The lowest BCUT2D eigenvalue weighted by atomic mass is 10.1. The highest BCUT2D eigenvalue weighted by molar-refractivity contribution is 14.1. The molecule has 4 aromatic carbocycles. The Morgan fingerprint density at radius 1 is 0.611 bits per heavy atom. The Balaban J connectivity index is 0.000000208. The van der Waals surface area contributed by atoms with Gasteiger partial charge in [-0.2, -0.15) is 10.5 Å². The van der Waals surface area contributed by atoms with Crippen LogP contribution in [0.3, 0.4) is 0 Å². The van der Waals surface area contributed by atoms with Gasteiger partial charge in [-0.3, -0.25) is 19.2 Å². The van der Waals surface area contributed by atoms with Gasteiger partial charge in [-0.1, -0.05) is 42.5 Å².